The van der Waals surface area contributed by atoms with Gasteiger partial charge in [-0.3, -0.25) is 4.68 Å². The van der Waals surface area contributed by atoms with Crippen molar-refractivity contribution in [2.45, 2.75) is 38.8 Å². The third kappa shape index (κ3) is 2.59. The van der Waals surface area contributed by atoms with E-state index in [1.54, 1.807) is 0 Å². The van der Waals surface area contributed by atoms with Gasteiger partial charge in [0.1, 0.15) is 0 Å². The lowest BCUT2D eigenvalue weighted by Crippen LogP contribution is -2.17. The summed E-state index contributed by atoms with van der Waals surface area (Å²) in [6.45, 7) is 5.01. The van der Waals surface area contributed by atoms with Crippen molar-refractivity contribution >= 4 is 9.84 Å². The summed E-state index contributed by atoms with van der Waals surface area (Å²) < 4.78 is 25.1. The van der Waals surface area contributed by atoms with Crippen molar-refractivity contribution in [3.8, 4) is 0 Å². The lowest BCUT2D eigenvalue weighted by molar-refractivity contribution is 0.469. The topological polar surface area (TPSA) is 64.0 Å². The molecule has 0 amide bonds. The second-order valence-electron chi connectivity index (χ2n) is 5.24. The van der Waals surface area contributed by atoms with Gasteiger partial charge in [-0.1, -0.05) is 13.8 Å². The molecule has 6 heteroatoms. The molecule has 1 aromatic heterocycles. The average Bonchev–Trinajstić information content (AvgIpc) is 2.82. The Kier molecular flexibility index (Phi) is 3.77. The first kappa shape index (κ1) is 13.5. The Balaban J connectivity index is 2.33. The fourth-order valence-electron chi connectivity index (χ4n) is 2.63. The van der Waals surface area contributed by atoms with Crippen LogP contribution in [-0.4, -0.2) is 36.8 Å². The van der Waals surface area contributed by atoms with Crippen LogP contribution < -0.4 is 5.32 Å². The minimum atomic E-state index is -2.87. The summed E-state index contributed by atoms with van der Waals surface area (Å²) >= 11 is 0. The van der Waals surface area contributed by atoms with Crippen molar-refractivity contribution in [1.82, 2.24) is 15.1 Å². The zero-order valence-corrected chi connectivity index (χ0v) is 12.0. The van der Waals surface area contributed by atoms with E-state index in [4.69, 9.17) is 0 Å². The Morgan fingerprint density at radius 2 is 2.28 bits per heavy atom. The maximum atomic E-state index is 11.6. The molecule has 0 aromatic carbocycles. The van der Waals surface area contributed by atoms with Gasteiger partial charge in [0.25, 0.3) is 0 Å². The molecule has 1 saturated heterocycles. The highest BCUT2D eigenvalue weighted by atomic mass is 32.2. The van der Waals surface area contributed by atoms with E-state index in [0.29, 0.717) is 12.3 Å². The van der Waals surface area contributed by atoms with E-state index in [0.717, 1.165) is 17.8 Å². The van der Waals surface area contributed by atoms with Crippen molar-refractivity contribution < 1.29 is 8.42 Å². The van der Waals surface area contributed by atoms with Crippen LogP contribution in [0.15, 0.2) is 6.20 Å². The summed E-state index contributed by atoms with van der Waals surface area (Å²) in [7, 11) is -0.961. The van der Waals surface area contributed by atoms with Gasteiger partial charge in [0, 0.05) is 17.8 Å². The molecule has 1 unspecified atom stereocenters. The Bertz CT molecular complexity index is 519. The first-order valence-electron chi connectivity index (χ1n) is 6.36. The van der Waals surface area contributed by atoms with Crippen LogP contribution in [0.25, 0.3) is 0 Å². The summed E-state index contributed by atoms with van der Waals surface area (Å²) in [6, 6.07) is 0.0120. The Morgan fingerprint density at radius 1 is 1.56 bits per heavy atom. The van der Waals surface area contributed by atoms with Crippen LogP contribution in [-0.2, 0) is 16.4 Å². The van der Waals surface area contributed by atoms with Crippen LogP contribution in [0.1, 0.15) is 43.5 Å². The lowest BCUT2D eigenvalue weighted by atomic mass is 10.0. The van der Waals surface area contributed by atoms with Crippen LogP contribution in [0.3, 0.4) is 0 Å². The molecule has 1 aromatic rings. The number of hydrogen-bond donors (Lipinski definition) is 1. The van der Waals surface area contributed by atoms with E-state index in [1.807, 2.05) is 17.9 Å². The molecule has 1 N–H and O–H groups in total. The summed E-state index contributed by atoms with van der Waals surface area (Å²) in [5.74, 6) is 0.864. The maximum absolute atomic E-state index is 11.6. The van der Waals surface area contributed by atoms with E-state index >= 15 is 0 Å². The molecule has 2 heterocycles. The molecular formula is C12H21N3O2S. The number of aromatic nitrogens is 2. The van der Waals surface area contributed by atoms with Gasteiger partial charge in [-0.2, -0.15) is 5.10 Å². The van der Waals surface area contributed by atoms with E-state index in [9.17, 15) is 8.42 Å². The minimum Gasteiger partial charge on any atom is -0.316 e. The molecule has 0 radical (unpaired) electrons. The molecule has 102 valence electrons. The SMILES string of the molecule is CNCc1cnn(C2CCS(=O)(=O)C2)c1C(C)C. The monoisotopic (exact) mass is 271 g/mol. The largest absolute Gasteiger partial charge is 0.316 e. The quantitative estimate of drug-likeness (QED) is 0.890. The Labute approximate surface area is 108 Å². The van der Waals surface area contributed by atoms with Gasteiger partial charge in [-0.15, -0.1) is 0 Å². The zero-order valence-electron chi connectivity index (χ0n) is 11.2. The number of nitrogens with zero attached hydrogens (tertiary/aromatic N) is 2. The second kappa shape index (κ2) is 5.01. The molecule has 2 rings (SSSR count). The summed E-state index contributed by atoms with van der Waals surface area (Å²) in [5.41, 5.74) is 2.32. The van der Waals surface area contributed by atoms with Gasteiger partial charge in [-0.25, -0.2) is 8.42 Å². The van der Waals surface area contributed by atoms with Crippen LogP contribution in [0.4, 0.5) is 0 Å². The van der Waals surface area contributed by atoms with Gasteiger partial charge >= 0.3 is 0 Å². The van der Waals surface area contributed by atoms with Crippen LogP contribution in [0.5, 0.6) is 0 Å². The third-order valence-corrected chi connectivity index (χ3v) is 5.13. The highest BCUT2D eigenvalue weighted by molar-refractivity contribution is 7.91. The van der Waals surface area contributed by atoms with Crippen molar-refractivity contribution in [2.75, 3.05) is 18.6 Å². The Hall–Kier alpha value is -0.880. The van der Waals surface area contributed by atoms with Crippen LogP contribution >= 0.6 is 0 Å². The summed E-state index contributed by atoms with van der Waals surface area (Å²) in [4.78, 5) is 0. The molecule has 0 spiro atoms. The molecule has 0 bridgehead atoms. The normalized spacial score (nSPS) is 22.8. The molecule has 5 nitrogen and oxygen atoms in total. The lowest BCUT2D eigenvalue weighted by Gasteiger charge is -2.17. The van der Waals surface area contributed by atoms with Crippen LogP contribution in [0, 0.1) is 0 Å². The predicted molar refractivity (Wildman–Crippen MR) is 71.4 cm³/mol. The molecule has 18 heavy (non-hydrogen) atoms. The first-order chi connectivity index (χ1) is 8.44. The predicted octanol–water partition coefficient (Wildman–Crippen LogP) is 1.09. The summed E-state index contributed by atoms with van der Waals surface area (Å²) in [5, 5.41) is 7.54. The molecule has 0 aliphatic carbocycles. The van der Waals surface area contributed by atoms with Gasteiger partial charge in [-0.05, 0) is 19.4 Å². The van der Waals surface area contributed by atoms with Crippen molar-refractivity contribution in [3.63, 3.8) is 0 Å². The molecule has 0 saturated carbocycles. The van der Waals surface area contributed by atoms with E-state index in [2.05, 4.69) is 24.3 Å². The molecule has 1 aliphatic rings. The van der Waals surface area contributed by atoms with E-state index in [1.165, 1.54) is 0 Å². The van der Waals surface area contributed by atoms with Gasteiger partial charge < -0.3 is 5.32 Å². The molecular weight excluding hydrogens is 250 g/mol. The third-order valence-electron chi connectivity index (χ3n) is 3.38. The van der Waals surface area contributed by atoms with Crippen molar-refractivity contribution in [3.05, 3.63) is 17.5 Å². The molecule has 1 fully saturated rings. The minimum absolute atomic E-state index is 0.0120. The molecule has 1 aliphatic heterocycles. The number of hydrogen-bond acceptors (Lipinski definition) is 4. The summed E-state index contributed by atoms with van der Waals surface area (Å²) in [6.07, 6.45) is 2.54. The second-order valence-corrected chi connectivity index (χ2v) is 7.47. The average molecular weight is 271 g/mol. The maximum Gasteiger partial charge on any atom is 0.152 e. The highest BCUT2D eigenvalue weighted by Crippen LogP contribution is 2.29. The molecule has 1 atom stereocenters. The van der Waals surface area contributed by atoms with Crippen molar-refractivity contribution in [2.24, 2.45) is 0 Å². The number of sulfone groups is 1. The van der Waals surface area contributed by atoms with E-state index < -0.39 is 9.84 Å². The highest BCUT2D eigenvalue weighted by Gasteiger charge is 2.31. The fraction of sp³-hybridized carbons (Fsp3) is 0.750. The smallest absolute Gasteiger partial charge is 0.152 e. The standard InChI is InChI=1S/C12H21N3O2S/c1-9(2)12-10(6-13-3)7-14-15(12)11-4-5-18(16,17)8-11/h7,9,11,13H,4-6,8H2,1-3H3. The number of rotatable bonds is 4. The van der Waals surface area contributed by atoms with Gasteiger partial charge in [0.15, 0.2) is 9.84 Å². The Morgan fingerprint density at radius 3 is 2.78 bits per heavy atom. The first-order valence-corrected chi connectivity index (χ1v) is 8.18. The van der Waals surface area contributed by atoms with Gasteiger partial charge in [0.05, 0.1) is 23.7 Å². The van der Waals surface area contributed by atoms with E-state index in [-0.39, 0.29) is 17.5 Å². The fourth-order valence-corrected chi connectivity index (χ4v) is 4.32. The zero-order chi connectivity index (χ0) is 13.3. The van der Waals surface area contributed by atoms with Gasteiger partial charge in [0.2, 0.25) is 0 Å². The van der Waals surface area contributed by atoms with Crippen LogP contribution in [0.2, 0.25) is 0 Å². The van der Waals surface area contributed by atoms with Crippen molar-refractivity contribution in [1.29, 1.82) is 0 Å². The number of nitrogens with one attached hydrogen (secondary N) is 1.